The topological polar surface area (TPSA) is 49.6 Å². The van der Waals surface area contributed by atoms with E-state index in [9.17, 15) is 4.79 Å². The van der Waals surface area contributed by atoms with Gasteiger partial charge in [0.2, 0.25) is 5.91 Å². The fraction of sp³-hybridized carbons (Fsp3) is 0.950. The molecule has 0 aromatic carbocycles. The van der Waals surface area contributed by atoms with Crippen LogP contribution in [0.4, 0.5) is 0 Å². The van der Waals surface area contributed by atoms with Gasteiger partial charge in [-0.1, -0.05) is 6.42 Å². The van der Waals surface area contributed by atoms with Crippen molar-refractivity contribution >= 4 is 18.3 Å². The number of carbonyl (C=O) groups is 1. The highest BCUT2D eigenvalue weighted by molar-refractivity contribution is 5.85. The van der Waals surface area contributed by atoms with Crippen LogP contribution in [0.2, 0.25) is 0 Å². The van der Waals surface area contributed by atoms with E-state index in [1.54, 1.807) is 0 Å². The second kappa shape index (κ2) is 7.74. The van der Waals surface area contributed by atoms with Crippen molar-refractivity contribution in [1.82, 2.24) is 9.80 Å². The second-order valence-corrected chi connectivity index (χ2v) is 9.20. The minimum absolute atomic E-state index is 0. The number of rotatable bonds is 2. The van der Waals surface area contributed by atoms with Crippen molar-refractivity contribution in [1.29, 1.82) is 0 Å². The van der Waals surface area contributed by atoms with Gasteiger partial charge in [-0.05, 0) is 70.6 Å². The molecule has 5 heteroatoms. The fourth-order valence-corrected chi connectivity index (χ4v) is 6.40. The Kier molecular flexibility index (Phi) is 6.02. The molecule has 4 aliphatic rings. The van der Waals surface area contributed by atoms with Crippen molar-refractivity contribution in [3.63, 3.8) is 0 Å². The quantitative estimate of drug-likeness (QED) is 0.813. The number of nitrogens with zero attached hydrogens (tertiary/aromatic N) is 2. The minimum atomic E-state index is 0. The van der Waals surface area contributed by atoms with Crippen LogP contribution < -0.4 is 5.73 Å². The van der Waals surface area contributed by atoms with Gasteiger partial charge in [0.25, 0.3) is 0 Å². The van der Waals surface area contributed by atoms with Crippen LogP contribution >= 0.6 is 12.4 Å². The third-order valence-corrected chi connectivity index (χ3v) is 7.51. The van der Waals surface area contributed by atoms with Crippen molar-refractivity contribution in [2.45, 2.75) is 89.4 Å². The highest BCUT2D eigenvalue weighted by Gasteiger charge is 2.44. The maximum Gasteiger partial charge on any atom is 0.225 e. The van der Waals surface area contributed by atoms with Gasteiger partial charge in [-0.25, -0.2) is 0 Å². The first kappa shape index (κ1) is 19.4. The van der Waals surface area contributed by atoms with Crippen LogP contribution in [0.5, 0.6) is 0 Å². The summed E-state index contributed by atoms with van der Waals surface area (Å²) in [6.45, 7) is 6.56. The molecule has 4 rings (SSSR count). The Hall–Kier alpha value is -0.320. The van der Waals surface area contributed by atoms with Gasteiger partial charge in [0.15, 0.2) is 0 Å². The summed E-state index contributed by atoms with van der Waals surface area (Å²) in [5.41, 5.74) is 6.42. The molecule has 2 N–H and O–H groups in total. The van der Waals surface area contributed by atoms with Gasteiger partial charge in [-0.15, -0.1) is 12.4 Å². The molecule has 2 aliphatic carbocycles. The lowest BCUT2D eigenvalue weighted by Crippen LogP contribution is -2.51. The molecular formula is C20H36ClN3O. The third-order valence-electron chi connectivity index (χ3n) is 7.51. The Morgan fingerprint density at radius 2 is 1.64 bits per heavy atom. The molecule has 4 fully saturated rings. The van der Waals surface area contributed by atoms with E-state index in [0.717, 1.165) is 25.9 Å². The van der Waals surface area contributed by atoms with Crippen molar-refractivity contribution < 1.29 is 4.79 Å². The molecule has 25 heavy (non-hydrogen) atoms. The highest BCUT2D eigenvalue weighted by atomic mass is 35.5. The number of hydrogen-bond acceptors (Lipinski definition) is 3. The maximum absolute atomic E-state index is 13.3. The van der Waals surface area contributed by atoms with Crippen molar-refractivity contribution in [3.8, 4) is 0 Å². The summed E-state index contributed by atoms with van der Waals surface area (Å²) >= 11 is 0. The largest absolute Gasteiger partial charge is 0.341 e. The van der Waals surface area contributed by atoms with E-state index >= 15 is 0 Å². The normalized spacial score (nSPS) is 41.4. The van der Waals surface area contributed by atoms with E-state index in [2.05, 4.69) is 23.6 Å². The molecule has 2 heterocycles. The number of hydrogen-bond donors (Lipinski definition) is 1. The number of carbonyl (C=O) groups excluding carboxylic acids is 1. The van der Waals surface area contributed by atoms with Gasteiger partial charge in [-0.3, -0.25) is 9.69 Å². The Labute approximate surface area is 159 Å². The van der Waals surface area contributed by atoms with Crippen LogP contribution in [0.25, 0.3) is 0 Å². The van der Waals surface area contributed by atoms with Crippen molar-refractivity contribution in [2.24, 2.45) is 23.5 Å². The van der Waals surface area contributed by atoms with E-state index < -0.39 is 0 Å². The molecule has 2 saturated heterocycles. The standard InChI is InChI=1S/C20H35N3O.ClH/c1-13(2)23-17-6-7-18(23)12-22(9-8-17)20(24)16-10-14-4-3-5-15(11-16)19(14)21;/h13-19H,3-12,21H2,1-2H3;1H. The van der Waals surface area contributed by atoms with Gasteiger partial charge >= 0.3 is 0 Å². The van der Waals surface area contributed by atoms with Crippen molar-refractivity contribution in [2.75, 3.05) is 13.1 Å². The molecule has 1 amide bonds. The first-order valence-corrected chi connectivity index (χ1v) is 10.4. The lowest BCUT2D eigenvalue weighted by Gasteiger charge is -2.44. The van der Waals surface area contributed by atoms with Gasteiger partial charge in [0.1, 0.15) is 0 Å². The highest BCUT2D eigenvalue weighted by Crippen LogP contribution is 2.43. The summed E-state index contributed by atoms with van der Waals surface area (Å²) in [6, 6.07) is 2.25. The van der Waals surface area contributed by atoms with Crippen molar-refractivity contribution in [3.05, 3.63) is 0 Å². The fourth-order valence-electron chi connectivity index (χ4n) is 6.40. The lowest BCUT2D eigenvalue weighted by molar-refractivity contribution is -0.139. The molecule has 0 spiro atoms. The number of halogens is 1. The third kappa shape index (κ3) is 3.59. The first-order chi connectivity index (χ1) is 11.5. The monoisotopic (exact) mass is 369 g/mol. The zero-order valence-corrected chi connectivity index (χ0v) is 16.7. The molecule has 4 bridgehead atoms. The average Bonchev–Trinajstić information content (AvgIpc) is 2.81. The molecule has 0 aromatic rings. The van der Waals surface area contributed by atoms with E-state index in [0.29, 0.717) is 41.9 Å². The van der Waals surface area contributed by atoms with E-state index in [-0.39, 0.29) is 18.3 Å². The minimum Gasteiger partial charge on any atom is -0.341 e. The van der Waals surface area contributed by atoms with Crippen LogP contribution in [0, 0.1) is 17.8 Å². The van der Waals surface area contributed by atoms with Crippen LogP contribution in [-0.4, -0.2) is 53.0 Å². The zero-order chi connectivity index (χ0) is 16.8. The predicted molar refractivity (Wildman–Crippen MR) is 104 cm³/mol. The molecule has 0 aromatic heterocycles. The molecule has 2 aliphatic heterocycles. The molecule has 4 atom stereocenters. The smallest absolute Gasteiger partial charge is 0.225 e. The first-order valence-electron chi connectivity index (χ1n) is 10.4. The number of likely N-dealkylation sites (tertiary alicyclic amines) is 1. The lowest BCUT2D eigenvalue weighted by atomic mass is 9.65. The molecule has 144 valence electrons. The molecular weight excluding hydrogens is 334 g/mol. The maximum atomic E-state index is 13.3. The molecule has 2 saturated carbocycles. The van der Waals surface area contributed by atoms with Gasteiger partial charge in [-0.2, -0.15) is 0 Å². The summed E-state index contributed by atoms with van der Waals surface area (Å²) in [6.07, 6.45) is 9.67. The number of nitrogens with two attached hydrogens (primary N) is 1. The van der Waals surface area contributed by atoms with Crippen LogP contribution in [0.3, 0.4) is 0 Å². The van der Waals surface area contributed by atoms with E-state index in [1.807, 2.05) is 0 Å². The Morgan fingerprint density at radius 1 is 1.00 bits per heavy atom. The summed E-state index contributed by atoms with van der Waals surface area (Å²) in [5, 5.41) is 0. The van der Waals surface area contributed by atoms with E-state index in [4.69, 9.17) is 5.73 Å². The summed E-state index contributed by atoms with van der Waals surface area (Å²) in [5.74, 6) is 1.91. The number of amides is 1. The van der Waals surface area contributed by atoms with E-state index in [1.165, 1.54) is 38.5 Å². The zero-order valence-electron chi connectivity index (χ0n) is 15.9. The Balaban J connectivity index is 0.00000182. The summed E-state index contributed by atoms with van der Waals surface area (Å²) in [4.78, 5) is 18.2. The summed E-state index contributed by atoms with van der Waals surface area (Å²) < 4.78 is 0. The predicted octanol–water partition coefficient (Wildman–Crippen LogP) is 3.04. The molecule has 4 nitrogen and oxygen atoms in total. The van der Waals surface area contributed by atoms with Crippen LogP contribution in [0.15, 0.2) is 0 Å². The average molecular weight is 370 g/mol. The SMILES string of the molecule is CC(C)N1C2CCC1CN(C(=O)C1CC3CCCC(C1)C3N)CC2.Cl. The van der Waals surface area contributed by atoms with Crippen LogP contribution in [0.1, 0.15) is 65.2 Å². The Bertz CT molecular complexity index is 472. The Morgan fingerprint density at radius 3 is 2.28 bits per heavy atom. The molecule has 4 unspecified atom stereocenters. The molecule has 0 radical (unpaired) electrons. The van der Waals surface area contributed by atoms with Crippen LogP contribution in [-0.2, 0) is 4.79 Å². The van der Waals surface area contributed by atoms with Gasteiger partial charge in [0.05, 0.1) is 0 Å². The second-order valence-electron chi connectivity index (χ2n) is 9.20. The number of fused-ring (bicyclic) bond motifs is 4. The van der Waals surface area contributed by atoms with Gasteiger partial charge < -0.3 is 10.6 Å². The van der Waals surface area contributed by atoms with Gasteiger partial charge in [0, 0.05) is 43.2 Å². The summed E-state index contributed by atoms with van der Waals surface area (Å²) in [7, 11) is 0.